The molecule has 0 aromatic heterocycles. The molecule has 0 unspecified atom stereocenters. The van der Waals surface area contributed by atoms with Crippen molar-refractivity contribution in [2.75, 3.05) is 33.3 Å². The summed E-state index contributed by atoms with van der Waals surface area (Å²) in [4.78, 5) is 64.6. The molecule has 0 aliphatic rings. The first kappa shape index (κ1) is 39.5. The van der Waals surface area contributed by atoms with Gasteiger partial charge in [-0.25, -0.2) is 18.8 Å². The van der Waals surface area contributed by atoms with E-state index >= 15 is 0 Å². The molecule has 264 valence electrons. The lowest BCUT2D eigenvalue weighted by Crippen LogP contribution is -2.52. The number of esters is 2. The zero-order valence-corrected chi connectivity index (χ0v) is 28.6. The second-order valence-electron chi connectivity index (χ2n) is 12.8. The summed E-state index contributed by atoms with van der Waals surface area (Å²) in [5.41, 5.74) is -0.358. The van der Waals surface area contributed by atoms with Crippen LogP contribution in [-0.2, 0) is 41.7 Å². The predicted molar refractivity (Wildman–Crippen MR) is 174 cm³/mol. The van der Waals surface area contributed by atoms with Crippen molar-refractivity contribution in [3.05, 3.63) is 71.0 Å². The molecule has 0 bridgehead atoms. The van der Waals surface area contributed by atoms with Crippen LogP contribution in [0.1, 0.15) is 69.4 Å². The summed E-state index contributed by atoms with van der Waals surface area (Å²) in [6.07, 6.45) is -2.10. The second kappa shape index (κ2) is 18.6. The topological polar surface area (TPSA) is 162 Å². The van der Waals surface area contributed by atoms with Crippen molar-refractivity contribution >= 4 is 30.0 Å². The van der Waals surface area contributed by atoms with E-state index in [1.54, 1.807) is 65.8 Å². The van der Waals surface area contributed by atoms with Crippen LogP contribution in [0.5, 0.6) is 0 Å². The smallest absolute Gasteiger partial charge is 0.408 e. The van der Waals surface area contributed by atoms with Crippen molar-refractivity contribution in [2.45, 2.75) is 78.4 Å². The van der Waals surface area contributed by atoms with Gasteiger partial charge in [0.05, 0.1) is 19.1 Å². The molecule has 3 amide bonds. The number of nitrogens with zero attached hydrogens (tertiary/aromatic N) is 1. The highest BCUT2D eigenvalue weighted by Crippen LogP contribution is 2.16. The lowest BCUT2D eigenvalue weighted by atomic mass is 10.1. The summed E-state index contributed by atoms with van der Waals surface area (Å²) >= 11 is 0. The summed E-state index contributed by atoms with van der Waals surface area (Å²) in [7, 11) is 1.15. The molecule has 3 N–H and O–H groups in total. The molecule has 2 rings (SSSR count). The Bertz CT molecular complexity index is 1390. The van der Waals surface area contributed by atoms with Crippen LogP contribution in [0.2, 0.25) is 0 Å². The van der Waals surface area contributed by atoms with E-state index in [1.165, 1.54) is 23.1 Å². The molecule has 0 spiro atoms. The van der Waals surface area contributed by atoms with E-state index in [4.69, 9.17) is 18.9 Å². The number of hydrogen-bond acceptors (Lipinski definition) is 10. The van der Waals surface area contributed by atoms with Crippen molar-refractivity contribution in [2.24, 2.45) is 0 Å². The van der Waals surface area contributed by atoms with Crippen molar-refractivity contribution in [3.63, 3.8) is 0 Å². The molecule has 13 nitrogen and oxygen atoms in total. The van der Waals surface area contributed by atoms with Crippen molar-refractivity contribution in [3.8, 4) is 0 Å². The van der Waals surface area contributed by atoms with Crippen LogP contribution in [0, 0.1) is 5.82 Å². The summed E-state index contributed by atoms with van der Waals surface area (Å²) in [6.45, 7) is 10.4. The zero-order valence-electron chi connectivity index (χ0n) is 28.6. The van der Waals surface area contributed by atoms with E-state index < -0.39 is 59.5 Å². The van der Waals surface area contributed by atoms with Crippen molar-refractivity contribution in [1.82, 2.24) is 20.9 Å². The van der Waals surface area contributed by atoms with Crippen LogP contribution in [0.15, 0.2) is 48.5 Å². The molecule has 0 radical (unpaired) electrons. The van der Waals surface area contributed by atoms with Crippen molar-refractivity contribution in [1.29, 1.82) is 0 Å². The maximum Gasteiger partial charge on any atom is 0.408 e. The Morgan fingerprint density at radius 2 is 1.50 bits per heavy atom. The number of carbonyl (C=O) groups is 5. The van der Waals surface area contributed by atoms with Gasteiger partial charge in [0.2, 0.25) is 5.91 Å². The van der Waals surface area contributed by atoms with Gasteiger partial charge in [0.25, 0.3) is 0 Å². The van der Waals surface area contributed by atoms with Gasteiger partial charge in [0.15, 0.2) is 0 Å². The number of amides is 3. The minimum absolute atomic E-state index is 0.0102. The standard InChI is InChI=1S/C34H47FN4O9/c1-33(2,3)47-30(42)24-13-14-26(35)25(19-24)21-36-15-17-39(18-16-37-31(43)48-34(4,5)6)29(41)27(20-28(40)45-7)38-32(44)46-22-23-11-9-8-10-12-23/h8-14,19,27,36H,15-18,20-22H2,1-7H3,(H,37,43)(H,38,44)/t27-/m0/s1. The summed E-state index contributed by atoms with van der Waals surface area (Å²) in [6, 6.07) is 11.4. The normalized spacial score (nSPS) is 11.9. The quantitative estimate of drug-likeness (QED) is 0.143. The zero-order chi connectivity index (χ0) is 35.9. The van der Waals surface area contributed by atoms with Crippen LogP contribution >= 0.6 is 0 Å². The van der Waals surface area contributed by atoms with Gasteiger partial charge in [-0.3, -0.25) is 9.59 Å². The first-order valence-electron chi connectivity index (χ1n) is 15.5. The average Bonchev–Trinajstić information content (AvgIpc) is 3.00. The third-order valence-electron chi connectivity index (χ3n) is 6.32. The maximum atomic E-state index is 14.6. The van der Waals surface area contributed by atoms with Gasteiger partial charge < -0.3 is 39.8 Å². The van der Waals surface area contributed by atoms with Gasteiger partial charge in [-0.1, -0.05) is 30.3 Å². The highest BCUT2D eigenvalue weighted by atomic mass is 19.1. The minimum atomic E-state index is -1.36. The molecule has 2 aromatic rings. The first-order chi connectivity index (χ1) is 22.5. The number of halogens is 1. The largest absolute Gasteiger partial charge is 0.469 e. The van der Waals surface area contributed by atoms with E-state index in [9.17, 15) is 28.4 Å². The number of rotatable bonds is 15. The van der Waals surface area contributed by atoms with Crippen LogP contribution in [0.4, 0.5) is 14.0 Å². The molecule has 0 aliphatic heterocycles. The Morgan fingerprint density at radius 3 is 2.12 bits per heavy atom. The van der Waals surface area contributed by atoms with Crippen LogP contribution in [0.25, 0.3) is 0 Å². The van der Waals surface area contributed by atoms with Gasteiger partial charge in [-0.05, 0) is 65.3 Å². The van der Waals surface area contributed by atoms with Gasteiger partial charge in [0.1, 0.15) is 29.7 Å². The summed E-state index contributed by atoms with van der Waals surface area (Å²) in [5.74, 6) is -2.53. The highest BCUT2D eigenvalue weighted by Gasteiger charge is 2.29. The maximum absolute atomic E-state index is 14.6. The number of nitrogens with one attached hydrogen (secondary N) is 3. The van der Waals surface area contributed by atoms with Crippen LogP contribution in [0.3, 0.4) is 0 Å². The van der Waals surface area contributed by atoms with E-state index in [0.29, 0.717) is 0 Å². The van der Waals surface area contributed by atoms with E-state index in [1.807, 2.05) is 6.07 Å². The molecule has 0 fully saturated rings. The third kappa shape index (κ3) is 15.2. The fraction of sp³-hybridized carbons (Fsp3) is 0.500. The highest BCUT2D eigenvalue weighted by molar-refractivity contribution is 5.90. The number of ether oxygens (including phenoxy) is 4. The number of carbonyl (C=O) groups excluding carboxylic acids is 5. The first-order valence-corrected chi connectivity index (χ1v) is 15.5. The number of hydrogen-bond donors (Lipinski definition) is 3. The Balaban J connectivity index is 2.14. The Labute approximate surface area is 280 Å². The van der Waals surface area contributed by atoms with E-state index in [0.717, 1.165) is 12.7 Å². The summed E-state index contributed by atoms with van der Waals surface area (Å²) in [5, 5.41) is 8.06. The van der Waals surface area contributed by atoms with Crippen LogP contribution < -0.4 is 16.0 Å². The molecule has 1 atom stereocenters. The fourth-order valence-electron chi connectivity index (χ4n) is 4.13. The second-order valence-corrected chi connectivity index (χ2v) is 12.8. The average molecular weight is 675 g/mol. The Kier molecular flexibility index (Phi) is 15.3. The number of alkyl carbamates (subject to hydrolysis) is 2. The lowest BCUT2D eigenvalue weighted by Gasteiger charge is -2.28. The van der Waals surface area contributed by atoms with Crippen LogP contribution in [-0.4, -0.2) is 85.5 Å². The molecule has 0 saturated carbocycles. The van der Waals surface area contributed by atoms with Gasteiger partial charge in [0, 0.05) is 38.3 Å². The van der Waals surface area contributed by atoms with Gasteiger partial charge in [-0.2, -0.15) is 0 Å². The SMILES string of the molecule is COC(=O)C[C@H](NC(=O)OCc1ccccc1)C(=O)N(CCNCc1cc(C(=O)OC(C)(C)C)ccc1F)CCNC(=O)OC(C)(C)C. The molecule has 2 aromatic carbocycles. The van der Waals surface area contributed by atoms with E-state index in [-0.39, 0.29) is 50.5 Å². The molecular weight excluding hydrogens is 627 g/mol. The van der Waals surface area contributed by atoms with Gasteiger partial charge in [-0.15, -0.1) is 0 Å². The van der Waals surface area contributed by atoms with Crippen molar-refractivity contribution < 1.29 is 47.3 Å². The molecule has 0 saturated heterocycles. The lowest BCUT2D eigenvalue weighted by molar-refractivity contribution is -0.145. The molecule has 0 heterocycles. The number of methoxy groups -OCH3 is 1. The monoisotopic (exact) mass is 674 g/mol. The molecule has 48 heavy (non-hydrogen) atoms. The Hall–Kier alpha value is -4.72. The van der Waals surface area contributed by atoms with E-state index in [2.05, 4.69) is 16.0 Å². The predicted octanol–water partition coefficient (Wildman–Crippen LogP) is 4.08. The number of benzene rings is 2. The van der Waals surface area contributed by atoms with Gasteiger partial charge >= 0.3 is 24.1 Å². The molecule has 14 heteroatoms. The molecular formula is C34H47FN4O9. The molecule has 0 aliphatic carbocycles. The minimum Gasteiger partial charge on any atom is -0.469 e. The Morgan fingerprint density at radius 1 is 0.854 bits per heavy atom. The fourth-order valence-corrected chi connectivity index (χ4v) is 4.13. The summed E-state index contributed by atoms with van der Waals surface area (Å²) < 4.78 is 35.2. The third-order valence-corrected chi connectivity index (χ3v) is 6.32.